The fourth-order valence-electron chi connectivity index (χ4n) is 3.23. The zero-order valence-electron chi connectivity index (χ0n) is 14.9. The minimum Gasteiger partial charge on any atom is -0.316 e. The molecule has 0 N–H and O–H groups in total. The van der Waals surface area contributed by atoms with E-state index in [-0.39, 0.29) is 5.91 Å². The van der Waals surface area contributed by atoms with Crippen LogP contribution in [0.1, 0.15) is 17.0 Å². The van der Waals surface area contributed by atoms with Crippen LogP contribution in [0.15, 0.2) is 65.8 Å². The molecular weight excluding hydrogens is 374 g/mol. The van der Waals surface area contributed by atoms with Crippen molar-refractivity contribution in [2.75, 3.05) is 4.90 Å². The minimum absolute atomic E-state index is 0.0811. The van der Waals surface area contributed by atoms with E-state index < -0.39 is 0 Å². The van der Waals surface area contributed by atoms with Gasteiger partial charge in [0.15, 0.2) is 4.32 Å². The predicted molar refractivity (Wildman–Crippen MR) is 115 cm³/mol. The molecule has 6 heteroatoms. The maximum atomic E-state index is 12.9. The van der Waals surface area contributed by atoms with Crippen molar-refractivity contribution in [3.63, 3.8) is 0 Å². The Kier molecular flexibility index (Phi) is 4.68. The summed E-state index contributed by atoms with van der Waals surface area (Å²) < 4.78 is 2.69. The monoisotopic (exact) mass is 391 g/mol. The summed E-state index contributed by atoms with van der Waals surface area (Å²) in [5.41, 5.74) is 4.95. The third kappa shape index (κ3) is 3.22. The summed E-state index contributed by atoms with van der Waals surface area (Å²) >= 11 is 6.79. The molecule has 2 aromatic heterocycles. The van der Waals surface area contributed by atoms with E-state index in [4.69, 9.17) is 12.2 Å². The van der Waals surface area contributed by atoms with Gasteiger partial charge in [0.2, 0.25) is 0 Å². The van der Waals surface area contributed by atoms with Gasteiger partial charge in [-0.25, -0.2) is 0 Å². The zero-order chi connectivity index (χ0) is 19.0. The zero-order valence-corrected chi connectivity index (χ0v) is 16.6. The number of nitrogens with zero attached hydrogens (tertiary/aromatic N) is 3. The summed E-state index contributed by atoms with van der Waals surface area (Å²) in [6, 6.07) is 15.5. The van der Waals surface area contributed by atoms with E-state index in [1.54, 1.807) is 11.1 Å². The number of carbonyl (C=O) groups excluding carboxylic acids is 1. The van der Waals surface area contributed by atoms with Crippen molar-refractivity contribution in [2.24, 2.45) is 0 Å². The van der Waals surface area contributed by atoms with Crippen molar-refractivity contribution in [1.82, 2.24) is 9.55 Å². The van der Waals surface area contributed by atoms with Gasteiger partial charge in [0, 0.05) is 17.6 Å². The second kappa shape index (κ2) is 7.13. The summed E-state index contributed by atoms with van der Waals surface area (Å²) in [5.74, 6) is -0.0811. The van der Waals surface area contributed by atoms with Crippen LogP contribution in [0.3, 0.4) is 0 Å². The SMILES string of the molecule is Cc1cc(C=C2SC(=S)N(c3ccccc3)C2=O)c(C)n1-c1cccnc1. The van der Waals surface area contributed by atoms with E-state index in [0.717, 1.165) is 28.3 Å². The Hall–Kier alpha value is -2.70. The number of aryl methyl sites for hydroxylation is 1. The molecule has 1 saturated heterocycles. The van der Waals surface area contributed by atoms with Gasteiger partial charge in [-0.05, 0) is 55.8 Å². The molecule has 1 aliphatic rings. The second-order valence-corrected chi connectivity index (χ2v) is 7.90. The van der Waals surface area contributed by atoms with Crippen LogP contribution in [0.5, 0.6) is 0 Å². The number of pyridine rings is 1. The van der Waals surface area contributed by atoms with Crippen LogP contribution < -0.4 is 4.90 Å². The van der Waals surface area contributed by atoms with Crippen molar-refractivity contribution in [2.45, 2.75) is 13.8 Å². The first-order valence-corrected chi connectivity index (χ1v) is 9.71. The molecule has 0 aliphatic carbocycles. The first-order chi connectivity index (χ1) is 13.1. The van der Waals surface area contributed by atoms with Crippen molar-refractivity contribution >= 4 is 46.0 Å². The van der Waals surface area contributed by atoms with E-state index >= 15 is 0 Å². The van der Waals surface area contributed by atoms with E-state index in [1.165, 1.54) is 11.8 Å². The molecule has 3 aromatic rings. The molecule has 1 aliphatic heterocycles. The highest BCUT2D eigenvalue weighted by Crippen LogP contribution is 2.36. The standard InChI is InChI=1S/C21H17N3OS2/c1-14-11-16(15(2)23(14)18-9-6-10-22-13-18)12-19-20(25)24(21(26)27-19)17-7-4-3-5-8-17/h3-13H,1-2H3. The van der Waals surface area contributed by atoms with Gasteiger partial charge in [-0.1, -0.05) is 42.2 Å². The van der Waals surface area contributed by atoms with Crippen molar-refractivity contribution in [3.05, 3.63) is 82.8 Å². The van der Waals surface area contributed by atoms with E-state index in [9.17, 15) is 4.79 Å². The van der Waals surface area contributed by atoms with Gasteiger partial charge in [0.1, 0.15) is 0 Å². The second-order valence-electron chi connectivity index (χ2n) is 6.23. The first kappa shape index (κ1) is 17.7. The highest BCUT2D eigenvalue weighted by molar-refractivity contribution is 8.27. The Morgan fingerprint density at radius 3 is 2.52 bits per heavy atom. The lowest BCUT2D eigenvalue weighted by Gasteiger charge is -2.13. The molecular formula is C21H17N3OS2. The van der Waals surface area contributed by atoms with Crippen LogP contribution in [0, 0.1) is 13.8 Å². The molecule has 1 fully saturated rings. The van der Waals surface area contributed by atoms with Crippen molar-refractivity contribution < 1.29 is 4.79 Å². The highest BCUT2D eigenvalue weighted by Gasteiger charge is 2.33. The lowest BCUT2D eigenvalue weighted by atomic mass is 10.2. The van der Waals surface area contributed by atoms with Crippen LogP contribution in [0.2, 0.25) is 0 Å². The minimum atomic E-state index is -0.0811. The molecule has 0 unspecified atom stereocenters. The largest absolute Gasteiger partial charge is 0.316 e. The quantitative estimate of drug-likeness (QED) is 0.470. The third-order valence-corrected chi connectivity index (χ3v) is 5.77. The number of anilines is 1. The fourth-order valence-corrected chi connectivity index (χ4v) is 4.52. The van der Waals surface area contributed by atoms with Gasteiger partial charge in [-0.2, -0.15) is 0 Å². The maximum absolute atomic E-state index is 12.9. The van der Waals surface area contributed by atoms with Crippen LogP contribution in [-0.2, 0) is 4.79 Å². The number of thioether (sulfide) groups is 1. The van der Waals surface area contributed by atoms with Crippen molar-refractivity contribution in [3.8, 4) is 5.69 Å². The van der Waals surface area contributed by atoms with Crippen molar-refractivity contribution in [1.29, 1.82) is 0 Å². The number of hydrogen-bond acceptors (Lipinski definition) is 4. The molecule has 134 valence electrons. The molecule has 0 saturated carbocycles. The maximum Gasteiger partial charge on any atom is 0.270 e. The normalized spacial score (nSPS) is 15.8. The van der Waals surface area contributed by atoms with Gasteiger partial charge in [-0.3, -0.25) is 14.7 Å². The number of rotatable bonds is 3. The van der Waals surface area contributed by atoms with Crippen LogP contribution in [0.4, 0.5) is 5.69 Å². The van der Waals surface area contributed by atoms with Gasteiger partial charge in [-0.15, -0.1) is 0 Å². The number of aromatic nitrogens is 2. The van der Waals surface area contributed by atoms with E-state index in [1.807, 2.05) is 68.6 Å². The third-order valence-electron chi connectivity index (χ3n) is 4.47. The van der Waals surface area contributed by atoms with Gasteiger partial charge >= 0.3 is 0 Å². The predicted octanol–water partition coefficient (Wildman–Crippen LogP) is 4.89. The summed E-state index contributed by atoms with van der Waals surface area (Å²) in [4.78, 5) is 19.4. The Morgan fingerprint density at radius 1 is 1.07 bits per heavy atom. The molecule has 0 spiro atoms. The van der Waals surface area contributed by atoms with E-state index in [2.05, 4.69) is 15.6 Å². The van der Waals surface area contributed by atoms with Crippen LogP contribution in [-0.4, -0.2) is 19.8 Å². The number of hydrogen-bond donors (Lipinski definition) is 0. The molecule has 27 heavy (non-hydrogen) atoms. The number of carbonyl (C=O) groups is 1. The summed E-state index contributed by atoms with van der Waals surface area (Å²) in [6.07, 6.45) is 5.52. The average molecular weight is 392 g/mol. The molecule has 0 bridgehead atoms. The lowest BCUT2D eigenvalue weighted by molar-refractivity contribution is -0.113. The Morgan fingerprint density at radius 2 is 1.81 bits per heavy atom. The summed E-state index contributed by atoms with van der Waals surface area (Å²) in [6.45, 7) is 4.09. The number of para-hydroxylation sites is 1. The Balaban J connectivity index is 1.71. The molecule has 4 rings (SSSR count). The first-order valence-electron chi connectivity index (χ1n) is 8.48. The van der Waals surface area contributed by atoms with Gasteiger partial charge in [0.05, 0.1) is 22.5 Å². The fraction of sp³-hybridized carbons (Fsp3) is 0.0952. The van der Waals surface area contributed by atoms with Crippen LogP contribution in [0.25, 0.3) is 11.8 Å². The average Bonchev–Trinajstić information content (AvgIpc) is 3.11. The highest BCUT2D eigenvalue weighted by atomic mass is 32.2. The molecule has 1 amide bonds. The van der Waals surface area contributed by atoms with Gasteiger partial charge < -0.3 is 4.57 Å². The Bertz CT molecular complexity index is 1060. The topological polar surface area (TPSA) is 38.1 Å². The molecule has 4 nitrogen and oxygen atoms in total. The molecule has 0 radical (unpaired) electrons. The van der Waals surface area contributed by atoms with Crippen LogP contribution >= 0.6 is 24.0 Å². The Labute approximate surface area is 167 Å². The number of thiocarbonyl (C=S) groups is 1. The lowest BCUT2D eigenvalue weighted by Crippen LogP contribution is -2.27. The number of amides is 1. The summed E-state index contributed by atoms with van der Waals surface area (Å²) in [7, 11) is 0. The molecule has 0 atom stereocenters. The smallest absolute Gasteiger partial charge is 0.270 e. The number of benzene rings is 1. The molecule has 3 heterocycles. The van der Waals surface area contributed by atoms with Gasteiger partial charge in [0.25, 0.3) is 5.91 Å². The summed E-state index contributed by atoms with van der Waals surface area (Å²) in [5, 5.41) is 0. The van der Waals surface area contributed by atoms with E-state index in [0.29, 0.717) is 9.23 Å². The molecule has 1 aromatic carbocycles.